The van der Waals surface area contributed by atoms with Crippen molar-refractivity contribution in [3.8, 4) is 11.5 Å². The van der Waals surface area contributed by atoms with Crippen LogP contribution in [-0.4, -0.2) is 7.25 Å². The van der Waals surface area contributed by atoms with Crippen molar-refractivity contribution >= 4 is 40.5 Å². The second-order valence-corrected chi connectivity index (χ2v) is 5.12. The summed E-state index contributed by atoms with van der Waals surface area (Å²) in [7, 11) is -6.00. The maximum atomic E-state index is 9.75. The Morgan fingerprint density at radius 1 is 1.05 bits per heavy atom. The van der Waals surface area contributed by atoms with E-state index >= 15 is 0 Å². The van der Waals surface area contributed by atoms with E-state index in [9.17, 15) is 17.3 Å². The molecule has 0 fully saturated rings. The lowest BCUT2D eigenvalue weighted by Crippen LogP contribution is -2.02. The average molecular weight is 397 g/mol. The highest BCUT2D eigenvalue weighted by atomic mass is 79.9. The first-order valence-electron chi connectivity index (χ1n) is 5.64. The minimum Gasteiger partial charge on any atom is -0.449 e. The normalized spacial score (nSPS) is 10.2. The smallest absolute Gasteiger partial charge is 0.449 e. The van der Waals surface area contributed by atoms with E-state index in [2.05, 4.69) is 20.9 Å². The number of hydrogen-bond acceptors (Lipinski definition) is 2. The average Bonchev–Trinajstić information content (AvgIpc) is 2.41. The van der Waals surface area contributed by atoms with E-state index in [-0.39, 0.29) is 0 Å². The zero-order valence-corrected chi connectivity index (χ0v) is 13.0. The van der Waals surface area contributed by atoms with Crippen molar-refractivity contribution in [1.82, 2.24) is 0 Å². The highest BCUT2D eigenvalue weighted by molar-refractivity contribution is 9.10. The van der Waals surface area contributed by atoms with Crippen molar-refractivity contribution in [2.45, 2.75) is 0 Å². The van der Waals surface area contributed by atoms with Crippen LogP contribution in [0.5, 0.6) is 11.5 Å². The second kappa shape index (κ2) is 8.01. The minimum atomic E-state index is -6.00. The Bertz CT molecular complexity index is 670. The Morgan fingerprint density at radius 3 is 2.09 bits per heavy atom. The summed E-state index contributed by atoms with van der Waals surface area (Å²) in [6.07, 6.45) is 0. The molecule has 0 aliphatic carbocycles. The summed E-state index contributed by atoms with van der Waals surface area (Å²) >= 11 is 9.12. The molecule has 0 unspecified atom stereocenters. The van der Waals surface area contributed by atoms with Gasteiger partial charge < -0.3 is 22.0 Å². The van der Waals surface area contributed by atoms with Gasteiger partial charge in [-0.15, -0.1) is 0 Å². The van der Waals surface area contributed by atoms with E-state index < -0.39 is 7.25 Å². The maximum absolute atomic E-state index is 9.75. The van der Waals surface area contributed by atoms with Crippen LogP contribution in [0, 0.1) is 5.39 Å². The van der Waals surface area contributed by atoms with E-state index in [4.69, 9.17) is 21.7 Å². The number of diazo groups is 1. The molecule has 0 bridgehead atoms. The summed E-state index contributed by atoms with van der Waals surface area (Å²) in [6, 6.07) is 12.2. The minimum absolute atomic E-state index is 0.292. The molecule has 0 saturated carbocycles. The van der Waals surface area contributed by atoms with Crippen LogP contribution in [-0.2, 0) is 0 Å². The van der Waals surface area contributed by atoms with Gasteiger partial charge in [0.15, 0.2) is 4.98 Å². The summed E-state index contributed by atoms with van der Waals surface area (Å²) < 4.78 is 45.5. The monoisotopic (exact) mass is 396 g/mol. The van der Waals surface area contributed by atoms with Crippen LogP contribution in [0.15, 0.2) is 46.9 Å². The van der Waals surface area contributed by atoms with Crippen molar-refractivity contribution in [2.75, 3.05) is 0 Å². The second-order valence-electron chi connectivity index (χ2n) is 3.76. The molecule has 0 heterocycles. The van der Waals surface area contributed by atoms with Crippen LogP contribution in [0.4, 0.5) is 23.0 Å². The third kappa shape index (κ3) is 7.29. The predicted molar refractivity (Wildman–Crippen MR) is 80.6 cm³/mol. The molecule has 0 aromatic heterocycles. The van der Waals surface area contributed by atoms with Crippen LogP contribution in [0.2, 0.25) is 5.02 Å². The molecule has 3 nitrogen and oxygen atoms in total. The molecule has 0 radical (unpaired) electrons. The lowest BCUT2D eigenvalue weighted by Gasteiger charge is -2.03. The van der Waals surface area contributed by atoms with Gasteiger partial charge in [-0.25, -0.2) is 0 Å². The molecule has 0 saturated heterocycles. The van der Waals surface area contributed by atoms with Gasteiger partial charge in [0.05, 0.1) is 6.07 Å². The van der Waals surface area contributed by atoms with Gasteiger partial charge in [-0.05, 0) is 36.4 Å². The predicted octanol–water partition coefficient (Wildman–Crippen LogP) is 6.68. The van der Waals surface area contributed by atoms with E-state index in [1.54, 1.807) is 24.3 Å². The molecule has 0 aliphatic heterocycles. The molecule has 22 heavy (non-hydrogen) atoms. The molecule has 0 amide bonds. The molecule has 10 heteroatoms. The van der Waals surface area contributed by atoms with Gasteiger partial charge in [-0.3, -0.25) is 0 Å². The van der Waals surface area contributed by atoms with E-state index in [1.807, 2.05) is 12.1 Å². The third-order valence-electron chi connectivity index (χ3n) is 2.07. The highest BCUT2D eigenvalue weighted by Crippen LogP contribution is 2.34. The summed E-state index contributed by atoms with van der Waals surface area (Å²) in [5.74, 6) is 1.10. The lowest BCUT2D eigenvalue weighted by atomic mass is 10.3. The Morgan fingerprint density at radius 2 is 1.59 bits per heavy atom. The fourth-order valence-corrected chi connectivity index (χ4v) is 1.72. The number of halogens is 6. The molecular weight excluding hydrogens is 390 g/mol. The lowest BCUT2D eigenvalue weighted by molar-refractivity contribution is 0.368. The van der Waals surface area contributed by atoms with Crippen molar-refractivity contribution in [1.29, 1.82) is 5.39 Å². The summed E-state index contributed by atoms with van der Waals surface area (Å²) in [5, 5.41) is 9.33. The van der Waals surface area contributed by atoms with Crippen molar-refractivity contribution in [3.05, 3.63) is 56.9 Å². The third-order valence-corrected chi connectivity index (χ3v) is 2.83. The van der Waals surface area contributed by atoms with Gasteiger partial charge in [0, 0.05) is 9.50 Å². The quantitative estimate of drug-likeness (QED) is 0.322. The number of benzene rings is 2. The molecule has 0 atom stereocenters. The topological polar surface area (TPSA) is 37.4 Å². The number of nitrogens with zero attached hydrogens (tertiary/aromatic N) is 2. The van der Waals surface area contributed by atoms with Crippen LogP contribution in [0.1, 0.15) is 0 Å². The Hall–Kier alpha value is -1.79. The Labute approximate surface area is 136 Å². The largest absolute Gasteiger partial charge is 0.673 e. The fraction of sp³-hybridized carbons (Fsp3) is 0. The van der Waals surface area contributed by atoms with E-state index in [0.717, 1.165) is 4.47 Å². The van der Waals surface area contributed by atoms with Crippen molar-refractivity contribution in [3.63, 3.8) is 0 Å². The van der Waals surface area contributed by atoms with E-state index in [0.29, 0.717) is 22.2 Å². The summed E-state index contributed by atoms with van der Waals surface area (Å²) in [4.78, 5) is 3.13. The van der Waals surface area contributed by atoms with E-state index in [1.165, 1.54) is 6.07 Å². The molecule has 0 spiro atoms. The molecule has 0 N–H and O–H groups in total. The number of hydrogen-bond donors (Lipinski definition) is 0. The van der Waals surface area contributed by atoms with Crippen molar-refractivity contribution in [2.24, 2.45) is 0 Å². The molecular formula is C12H7BBrClF4N2O. The fourth-order valence-electron chi connectivity index (χ4n) is 1.28. The Balaban J connectivity index is 0.000000422. The first kappa shape index (κ1) is 18.3. The van der Waals surface area contributed by atoms with Gasteiger partial charge in [0.1, 0.15) is 5.75 Å². The van der Waals surface area contributed by atoms with Crippen LogP contribution < -0.4 is 4.74 Å². The van der Waals surface area contributed by atoms with Gasteiger partial charge in [0.2, 0.25) is 11.1 Å². The van der Waals surface area contributed by atoms with Gasteiger partial charge in [0.25, 0.3) is 0 Å². The van der Waals surface area contributed by atoms with Gasteiger partial charge in [-0.1, -0.05) is 27.5 Å². The summed E-state index contributed by atoms with van der Waals surface area (Å²) in [6.45, 7) is 0. The molecule has 2 rings (SSSR count). The Kier molecular flexibility index (Phi) is 6.65. The SMILES string of the molecule is F[B-](F)(F)F.N#[N+]c1cc(Cl)ccc1Oc1ccc(Br)cc1. The molecule has 0 aliphatic rings. The van der Waals surface area contributed by atoms with Crippen molar-refractivity contribution < 1.29 is 22.0 Å². The molecule has 2 aromatic carbocycles. The first-order chi connectivity index (χ1) is 10.2. The van der Waals surface area contributed by atoms with Crippen LogP contribution >= 0.6 is 27.5 Å². The zero-order chi connectivity index (χ0) is 16.8. The molecule has 116 valence electrons. The number of ether oxygens (including phenoxy) is 1. The van der Waals surface area contributed by atoms with Gasteiger partial charge >= 0.3 is 12.9 Å². The number of rotatable bonds is 2. The highest BCUT2D eigenvalue weighted by Gasteiger charge is 2.20. The van der Waals surface area contributed by atoms with Crippen LogP contribution in [0.25, 0.3) is 4.98 Å². The first-order valence-corrected chi connectivity index (χ1v) is 6.81. The van der Waals surface area contributed by atoms with Crippen LogP contribution in [0.3, 0.4) is 0 Å². The summed E-state index contributed by atoms with van der Waals surface area (Å²) in [5.41, 5.74) is 0.292. The zero-order valence-electron chi connectivity index (χ0n) is 10.7. The van der Waals surface area contributed by atoms with Gasteiger partial charge in [-0.2, -0.15) is 0 Å². The molecule has 2 aromatic rings. The maximum Gasteiger partial charge on any atom is 0.673 e. The standard InChI is InChI=1S/C12H7BrClN2O.BF4/c13-8-1-4-10(5-2-8)17-12-6-3-9(14)7-11(12)16-15;2-1(3,4)5/h1-7H;/q+1;-1.